The molecule has 1 saturated heterocycles. The van der Waals surface area contributed by atoms with Crippen molar-refractivity contribution in [3.05, 3.63) is 66.2 Å². The highest BCUT2D eigenvalue weighted by atomic mass is 32.2. The predicted molar refractivity (Wildman–Crippen MR) is 101 cm³/mol. The van der Waals surface area contributed by atoms with Gasteiger partial charge < -0.3 is 9.47 Å². The molecule has 0 aliphatic carbocycles. The first kappa shape index (κ1) is 20.0. The van der Waals surface area contributed by atoms with Crippen LogP contribution in [0.5, 0.6) is 0 Å². The summed E-state index contributed by atoms with van der Waals surface area (Å²) >= 11 is 0. The van der Waals surface area contributed by atoms with Crippen LogP contribution in [0.1, 0.15) is 11.6 Å². The van der Waals surface area contributed by atoms with Crippen LogP contribution in [0.25, 0.3) is 0 Å². The summed E-state index contributed by atoms with van der Waals surface area (Å²) in [4.78, 5) is 25.1. The molecule has 1 N–H and O–H groups in total. The maximum Gasteiger partial charge on any atom is 0.324 e. The molecule has 4 atom stereocenters. The third kappa shape index (κ3) is 3.53. The van der Waals surface area contributed by atoms with Gasteiger partial charge in [-0.3, -0.25) is 14.9 Å². The van der Waals surface area contributed by atoms with Gasteiger partial charge in [0, 0.05) is 6.04 Å². The van der Waals surface area contributed by atoms with Crippen molar-refractivity contribution in [3.8, 4) is 0 Å². The van der Waals surface area contributed by atoms with E-state index in [-0.39, 0.29) is 4.90 Å². The third-order valence-electron chi connectivity index (χ3n) is 4.92. The van der Waals surface area contributed by atoms with Gasteiger partial charge >= 0.3 is 11.9 Å². The maximum absolute atomic E-state index is 13.4. The fourth-order valence-corrected chi connectivity index (χ4v) is 5.68. The fourth-order valence-electron chi connectivity index (χ4n) is 3.63. The molecule has 0 bridgehead atoms. The minimum absolute atomic E-state index is 0.0262. The van der Waals surface area contributed by atoms with Crippen molar-refractivity contribution < 1.29 is 27.5 Å². The molecule has 0 unspecified atom stereocenters. The van der Waals surface area contributed by atoms with Crippen LogP contribution < -0.4 is 5.32 Å². The molecule has 0 aromatic heterocycles. The number of methoxy groups -OCH3 is 2. The molecule has 1 heterocycles. The normalized spacial score (nSPS) is 24.5. The van der Waals surface area contributed by atoms with Crippen LogP contribution in [0.4, 0.5) is 0 Å². The molecule has 2 aromatic carbocycles. The predicted octanol–water partition coefficient (Wildman–Crippen LogP) is 1.50. The first-order valence-electron chi connectivity index (χ1n) is 8.67. The molecule has 7 nitrogen and oxygen atoms in total. The van der Waals surface area contributed by atoms with E-state index in [0.29, 0.717) is 5.56 Å². The van der Waals surface area contributed by atoms with E-state index in [1.54, 1.807) is 42.5 Å². The molecule has 28 heavy (non-hydrogen) atoms. The van der Waals surface area contributed by atoms with Crippen LogP contribution in [0.15, 0.2) is 65.6 Å². The van der Waals surface area contributed by atoms with E-state index in [9.17, 15) is 18.0 Å². The topological polar surface area (TPSA) is 98.8 Å². The number of hydrogen-bond acceptors (Lipinski definition) is 7. The summed E-state index contributed by atoms with van der Waals surface area (Å²) < 4.78 is 36.6. The van der Waals surface area contributed by atoms with E-state index in [1.807, 2.05) is 6.07 Å². The minimum atomic E-state index is -4.05. The third-order valence-corrected chi connectivity index (χ3v) is 7.13. The van der Waals surface area contributed by atoms with Crippen LogP contribution >= 0.6 is 0 Å². The molecular weight excluding hydrogens is 382 g/mol. The quantitative estimate of drug-likeness (QED) is 0.756. The Balaban J connectivity index is 2.16. The zero-order valence-corrected chi connectivity index (χ0v) is 16.3. The van der Waals surface area contributed by atoms with E-state index in [4.69, 9.17) is 9.47 Å². The van der Waals surface area contributed by atoms with Crippen LogP contribution in [0.3, 0.4) is 0 Å². The lowest BCUT2D eigenvalue weighted by Crippen LogP contribution is -2.45. The minimum Gasteiger partial charge on any atom is -0.469 e. The summed E-state index contributed by atoms with van der Waals surface area (Å²) in [5, 5.41) is 1.62. The SMILES string of the molecule is COC(=O)[C@H]1[C@@H](S(=O)(=O)c2ccccc2)[C@@H](C(=O)OC)N[C@H]1c1ccccc1. The molecule has 148 valence electrons. The molecule has 1 fully saturated rings. The first-order valence-corrected chi connectivity index (χ1v) is 10.2. The average Bonchev–Trinajstić information content (AvgIpc) is 3.15. The van der Waals surface area contributed by atoms with E-state index in [2.05, 4.69) is 5.32 Å². The largest absolute Gasteiger partial charge is 0.469 e. The van der Waals surface area contributed by atoms with Gasteiger partial charge in [0.2, 0.25) is 0 Å². The van der Waals surface area contributed by atoms with Gasteiger partial charge in [-0.2, -0.15) is 0 Å². The first-order chi connectivity index (χ1) is 13.4. The second-order valence-electron chi connectivity index (χ2n) is 6.43. The van der Waals surface area contributed by atoms with Crippen molar-refractivity contribution in [3.63, 3.8) is 0 Å². The Bertz CT molecular complexity index is 945. The van der Waals surface area contributed by atoms with E-state index in [0.717, 1.165) is 0 Å². The summed E-state index contributed by atoms with van der Waals surface area (Å²) in [6.45, 7) is 0. The van der Waals surface area contributed by atoms with E-state index >= 15 is 0 Å². The second kappa shape index (κ2) is 8.12. The van der Waals surface area contributed by atoms with Crippen LogP contribution in [-0.2, 0) is 28.9 Å². The van der Waals surface area contributed by atoms with Gasteiger partial charge in [-0.15, -0.1) is 0 Å². The summed E-state index contributed by atoms with van der Waals surface area (Å²) in [6.07, 6.45) is 0. The van der Waals surface area contributed by atoms with E-state index in [1.165, 1.54) is 26.4 Å². The molecule has 1 aliphatic heterocycles. The van der Waals surface area contributed by atoms with Gasteiger partial charge in [0.25, 0.3) is 0 Å². The molecule has 0 spiro atoms. The monoisotopic (exact) mass is 403 g/mol. The Labute approximate surface area is 163 Å². The number of carbonyl (C=O) groups is 2. The van der Waals surface area contributed by atoms with Gasteiger partial charge in [-0.1, -0.05) is 48.5 Å². The van der Waals surface area contributed by atoms with Gasteiger partial charge in [0.05, 0.1) is 25.0 Å². The summed E-state index contributed by atoms with van der Waals surface area (Å²) in [7, 11) is -1.68. The number of nitrogens with one attached hydrogen (secondary N) is 1. The Hall–Kier alpha value is -2.71. The molecule has 0 saturated carbocycles. The van der Waals surface area contributed by atoms with Crippen molar-refractivity contribution in [1.82, 2.24) is 5.32 Å². The van der Waals surface area contributed by atoms with E-state index < -0.39 is 45.0 Å². The van der Waals surface area contributed by atoms with Gasteiger partial charge in [0.15, 0.2) is 9.84 Å². The van der Waals surface area contributed by atoms with Crippen LogP contribution in [-0.4, -0.2) is 45.9 Å². The zero-order valence-electron chi connectivity index (χ0n) is 15.4. The molecule has 1 aliphatic rings. The highest BCUT2D eigenvalue weighted by Crippen LogP contribution is 2.40. The fraction of sp³-hybridized carbons (Fsp3) is 0.300. The molecule has 8 heteroatoms. The van der Waals surface area contributed by atoms with Gasteiger partial charge in [-0.25, -0.2) is 8.42 Å². The number of ether oxygens (including phenoxy) is 2. The smallest absolute Gasteiger partial charge is 0.324 e. The second-order valence-corrected chi connectivity index (χ2v) is 8.53. The lowest BCUT2D eigenvalue weighted by molar-refractivity contribution is -0.145. The number of carbonyl (C=O) groups excluding carboxylic acids is 2. The number of esters is 2. The van der Waals surface area contributed by atoms with Crippen LogP contribution in [0.2, 0.25) is 0 Å². The van der Waals surface area contributed by atoms with Crippen molar-refractivity contribution >= 4 is 21.8 Å². The number of sulfone groups is 1. The molecule has 2 aromatic rings. The highest BCUT2D eigenvalue weighted by Gasteiger charge is 2.57. The molecule has 0 amide bonds. The Kier molecular flexibility index (Phi) is 5.81. The van der Waals surface area contributed by atoms with Gasteiger partial charge in [-0.05, 0) is 17.7 Å². The Morgan fingerprint density at radius 1 is 0.857 bits per heavy atom. The lowest BCUT2D eigenvalue weighted by Gasteiger charge is -2.23. The van der Waals surface area contributed by atoms with Crippen molar-refractivity contribution in [2.75, 3.05) is 14.2 Å². The highest BCUT2D eigenvalue weighted by molar-refractivity contribution is 7.92. The molecule has 3 rings (SSSR count). The molecular formula is C20H21NO6S. The van der Waals surface area contributed by atoms with Crippen molar-refractivity contribution in [2.24, 2.45) is 5.92 Å². The molecule has 0 radical (unpaired) electrons. The number of benzene rings is 2. The van der Waals surface area contributed by atoms with Crippen molar-refractivity contribution in [1.29, 1.82) is 0 Å². The summed E-state index contributed by atoms with van der Waals surface area (Å²) in [5.41, 5.74) is 0.678. The Morgan fingerprint density at radius 2 is 1.39 bits per heavy atom. The number of rotatable bonds is 5. The maximum atomic E-state index is 13.4. The average molecular weight is 403 g/mol. The number of hydrogen-bond donors (Lipinski definition) is 1. The van der Waals surface area contributed by atoms with Gasteiger partial charge in [0.1, 0.15) is 11.3 Å². The lowest BCUT2D eigenvalue weighted by atomic mass is 9.93. The zero-order chi connectivity index (χ0) is 20.3. The summed E-state index contributed by atoms with van der Waals surface area (Å²) in [5.74, 6) is -2.59. The Morgan fingerprint density at radius 3 is 1.93 bits per heavy atom. The van der Waals surface area contributed by atoms with Crippen LogP contribution in [0, 0.1) is 5.92 Å². The van der Waals surface area contributed by atoms with Crippen molar-refractivity contribution in [2.45, 2.75) is 22.2 Å². The summed E-state index contributed by atoms with van der Waals surface area (Å²) in [6, 6.07) is 14.7. The standard InChI is InChI=1S/C20H21NO6S/c1-26-19(22)15-16(13-9-5-3-6-10-13)21-17(20(23)27-2)18(15)28(24,25)14-11-7-4-8-12-14/h3-12,15-18,21H,1-2H3/t15-,16+,17+,18-/m1/s1.